The Morgan fingerprint density at radius 3 is 2.85 bits per heavy atom. The minimum absolute atomic E-state index is 0.463. The highest BCUT2D eigenvalue weighted by Gasteiger charge is 2.23. The van der Waals surface area contributed by atoms with Gasteiger partial charge in [0, 0.05) is 12.5 Å². The zero-order valence-corrected chi connectivity index (χ0v) is 12.5. The van der Waals surface area contributed by atoms with Crippen molar-refractivity contribution in [2.24, 2.45) is 0 Å². The van der Waals surface area contributed by atoms with E-state index in [1.165, 1.54) is 24.0 Å². The lowest BCUT2D eigenvalue weighted by molar-refractivity contribution is 0.440. The third-order valence-electron chi connectivity index (χ3n) is 4.20. The van der Waals surface area contributed by atoms with Crippen molar-refractivity contribution in [1.29, 1.82) is 0 Å². The molecular weight excluding hydrogens is 248 g/mol. The number of nitrogens with zero attached hydrogens (tertiary/aromatic N) is 3. The maximum atomic E-state index is 4.69. The fourth-order valence-corrected chi connectivity index (χ4v) is 2.91. The maximum absolute atomic E-state index is 4.69. The molecule has 1 saturated heterocycles. The number of benzene rings is 1. The van der Waals surface area contributed by atoms with Crippen molar-refractivity contribution in [2.75, 3.05) is 13.1 Å². The zero-order valence-electron chi connectivity index (χ0n) is 12.5. The largest absolute Gasteiger partial charge is 0.316 e. The second-order valence-electron chi connectivity index (χ2n) is 5.69. The highest BCUT2D eigenvalue weighted by molar-refractivity contribution is 5.44. The Morgan fingerprint density at radius 1 is 1.25 bits per heavy atom. The molecule has 20 heavy (non-hydrogen) atoms. The van der Waals surface area contributed by atoms with Gasteiger partial charge in [-0.15, -0.1) is 0 Å². The molecule has 1 aromatic carbocycles. The summed E-state index contributed by atoms with van der Waals surface area (Å²) in [6, 6.07) is 6.37. The summed E-state index contributed by atoms with van der Waals surface area (Å²) >= 11 is 0. The zero-order chi connectivity index (χ0) is 14.1. The van der Waals surface area contributed by atoms with Gasteiger partial charge in [-0.3, -0.25) is 0 Å². The number of aryl methyl sites for hydroxylation is 2. The van der Waals surface area contributed by atoms with Gasteiger partial charge < -0.3 is 5.32 Å². The van der Waals surface area contributed by atoms with E-state index in [0.717, 1.165) is 30.4 Å². The molecule has 0 spiro atoms. The van der Waals surface area contributed by atoms with Gasteiger partial charge in [0.2, 0.25) is 0 Å². The van der Waals surface area contributed by atoms with Crippen LogP contribution in [0.5, 0.6) is 0 Å². The standard InChI is InChI=1S/C16H22N4/c1-11-6-4-8-15(12(11)2)20-16(18-13(3)19-20)14-7-5-9-17-10-14/h4,6,8,14,17H,5,7,9-10H2,1-3H3/t14-/m0/s1. The van der Waals surface area contributed by atoms with Gasteiger partial charge in [-0.2, -0.15) is 5.10 Å². The Labute approximate surface area is 120 Å². The predicted molar refractivity (Wildman–Crippen MR) is 80.4 cm³/mol. The molecule has 3 rings (SSSR count). The van der Waals surface area contributed by atoms with Gasteiger partial charge in [-0.1, -0.05) is 12.1 Å². The first-order valence-corrected chi connectivity index (χ1v) is 7.37. The predicted octanol–water partition coefficient (Wildman–Crippen LogP) is 2.66. The SMILES string of the molecule is Cc1nc([C@H]2CCCNC2)n(-c2cccc(C)c2C)n1. The van der Waals surface area contributed by atoms with Gasteiger partial charge in [0.05, 0.1) is 5.69 Å². The molecule has 0 unspecified atom stereocenters. The van der Waals surface area contributed by atoms with E-state index in [9.17, 15) is 0 Å². The lowest BCUT2D eigenvalue weighted by atomic mass is 9.98. The van der Waals surface area contributed by atoms with Gasteiger partial charge in [0.15, 0.2) is 0 Å². The van der Waals surface area contributed by atoms with E-state index < -0.39 is 0 Å². The lowest BCUT2D eigenvalue weighted by Crippen LogP contribution is -2.30. The second kappa shape index (κ2) is 5.37. The van der Waals surface area contributed by atoms with Crippen molar-refractivity contribution in [3.05, 3.63) is 41.0 Å². The summed E-state index contributed by atoms with van der Waals surface area (Å²) in [4.78, 5) is 4.69. The minimum atomic E-state index is 0.463. The van der Waals surface area contributed by atoms with E-state index in [2.05, 4.69) is 47.1 Å². The molecule has 0 bridgehead atoms. The lowest BCUT2D eigenvalue weighted by Gasteiger charge is -2.23. The van der Waals surface area contributed by atoms with E-state index in [1.54, 1.807) is 0 Å². The van der Waals surface area contributed by atoms with Crippen molar-refractivity contribution in [3.8, 4) is 5.69 Å². The van der Waals surface area contributed by atoms with Gasteiger partial charge >= 0.3 is 0 Å². The molecule has 4 nitrogen and oxygen atoms in total. The van der Waals surface area contributed by atoms with E-state index in [4.69, 9.17) is 4.98 Å². The van der Waals surface area contributed by atoms with Crippen molar-refractivity contribution in [3.63, 3.8) is 0 Å². The molecular formula is C16H22N4. The number of hydrogen-bond donors (Lipinski definition) is 1. The summed E-state index contributed by atoms with van der Waals surface area (Å²) in [5.74, 6) is 2.42. The molecule has 1 atom stereocenters. The van der Waals surface area contributed by atoms with Crippen LogP contribution in [0.1, 0.15) is 41.5 Å². The molecule has 0 saturated carbocycles. The van der Waals surface area contributed by atoms with Crippen molar-refractivity contribution in [2.45, 2.75) is 39.5 Å². The molecule has 1 fully saturated rings. The molecule has 4 heteroatoms. The first-order valence-electron chi connectivity index (χ1n) is 7.37. The maximum Gasteiger partial charge on any atom is 0.148 e. The highest BCUT2D eigenvalue weighted by Crippen LogP contribution is 2.26. The summed E-state index contributed by atoms with van der Waals surface area (Å²) in [6.45, 7) is 8.40. The Hall–Kier alpha value is -1.68. The molecule has 2 aromatic rings. The number of hydrogen-bond acceptors (Lipinski definition) is 3. The molecule has 1 aromatic heterocycles. The molecule has 2 heterocycles. The Morgan fingerprint density at radius 2 is 2.10 bits per heavy atom. The molecule has 0 amide bonds. The molecule has 106 valence electrons. The number of piperidine rings is 1. The van der Waals surface area contributed by atoms with Crippen LogP contribution in [0.4, 0.5) is 0 Å². The van der Waals surface area contributed by atoms with E-state index in [1.807, 2.05) is 6.92 Å². The summed E-state index contributed by atoms with van der Waals surface area (Å²) in [5, 5.41) is 8.10. The molecule has 1 N–H and O–H groups in total. The Kier molecular flexibility index (Phi) is 3.57. The molecule has 0 aliphatic carbocycles. The average Bonchev–Trinajstić information content (AvgIpc) is 2.85. The Bertz CT molecular complexity index is 609. The first kappa shape index (κ1) is 13.3. The van der Waals surface area contributed by atoms with E-state index in [-0.39, 0.29) is 0 Å². The van der Waals surface area contributed by atoms with Crippen molar-refractivity contribution >= 4 is 0 Å². The van der Waals surface area contributed by atoms with Gasteiger partial charge in [-0.25, -0.2) is 9.67 Å². The summed E-state index contributed by atoms with van der Waals surface area (Å²) in [7, 11) is 0. The topological polar surface area (TPSA) is 42.7 Å². The summed E-state index contributed by atoms with van der Waals surface area (Å²) < 4.78 is 2.05. The van der Waals surface area contributed by atoms with Crippen LogP contribution >= 0.6 is 0 Å². The summed E-state index contributed by atoms with van der Waals surface area (Å²) in [6.07, 6.45) is 2.40. The van der Waals surface area contributed by atoms with Crippen LogP contribution in [-0.4, -0.2) is 27.9 Å². The molecule has 1 aliphatic heterocycles. The van der Waals surface area contributed by atoms with E-state index >= 15 is 0 Å². The normalized spacial score (nSPS) is 19.2. The van der Waals surface area contributed by atoms with Crippen LogP contribution < -0.4 is 5.32 Å². The smallest absolute Gasteiger partial charge is 0.148 e. The van der Waals surface area contributed by atoms with Crippen LogP contribution in [0, 0.1) is 20.8 Å². The number of rotatable bonds is 2. The van der Waals surface area contributed by atoms with Crippen molar-refractivity contribution in [1.82, 2.24) is 20.1 Å². The quantitative estimate of drug-likeness (QED) is 0.912. The first-order chi connectivity index (χ1) is 9.66. The second-order valence-corrected chi connectivity index (χ2v) is 5.69. The fraction of sp³-hybridized carbons (Fsp3) is 0.500. The van der Waals surface area contributed by atoms with Gasteiger partial charge in [0.1, 0.15) is 11.6 Å². The molecule has 1 aliphatic rings. The minimum Gasteiger partial charge on any atom is -0.316 e. The third kappa shape index (κ3) is 2.36. The highest BCUT2D eigenvalue weighted by atomic mass is 15.4. The fourth-order valence-electron chi connectivity index (χ4n) is 2.91. The number of nitrogens with one attached hydrogen (secondary N) is 1. The van der Waals surface area contributed by atoms with Gasteiger partial charge in [-0.05, 0) is 57.4 Å². The van der Waals surface area contributed by atoms with E-state index in [0.29, 0.717) is 5.92 Å². The third-order valence-corrected chi connectivity index (χ3v) is 4.20. The average molecular weight is 270 g/mol. The monoisotopic (exact) mass is 270 g/mol. The van der Waals surface area contributed by atoms with Crippen LogP contribution in [-0.2, 0) is 0 Å². The molecule has 0 radical (unpaired) electrons. The van der Waals surface area contributed by atoms with Crippen LogP contribution in [0.3, 0.4) is 0 Å². The van der Waals surface area contributed by atoms with Crippen LogP contribution in [0.15, 0.2) is 18.2 Å². The van der Waals surface area contributed by atoms with Crippen molar-refractivity contribution < 1.29 is 0 Å². The van der Waals surface area contributed by atoms with Gasteiger partial charge in [0.25, 0.3) is 0 Å². The van der Waals surface area contributed by atoms with Crippen LogP contribution in [0.25, 0.3) is 5.69 Å². The van der Waals surface area contributed by atoms with Crippen LogP contribution in [0.2, 0.25) is 0 Å². The summed E-state index contributed by atoms with van der Waals surface area (Å²) in [5.41, 5.74) is 3.73. The Balaban J connectivity index is 2.07. The number of aromatic nitrogens is 3.